The molecule has 66 valence electrons. The van der Waals surface area contributed by atoms with Gasteiger partial charge in [-0.05, 0) is 49.3 Å². The Kier molecular flexibility index (Phi) is 2.06. The molecule has 1 nitrogen and oxygen atoms in total. The van der Waals surface area contributed by atoms with Crippen molar-refractivity contribution in [1.82, 2.24) is 0 Å². The molecular weight excluding hydrogens is 158 g/mol. The topological polar surface area (TPSA) is 23.8 Å². The Balaban J connectivity index is 2.28. The van der Waals surface area contributed by atoms with Gasteiger partial charge in [-0.1, -0.05) is 12.1 Å². The van der Waals surface area contributed by atoms with Gasteiger partial charge in [0, 0.05) is 0 Å². The molecule has 0 saturated heterocycles. The smallest absolute Gasteiger partial charge is 0.0994 e. The van der Waals surface area contributed by atoms with Gasteiger partial charge >= 0.3 is 0 Å². The van der Waals surface area contributed by atoms with Gasteiger partial charge in [0.25, 0.3) is 0 Å². The van der Waals surface area contributed by atoms with Crippen molar-refractivity contribution in [2.45, 2.75) is 26.2 Å². The lowest BCUT2D eigenvalue weighted by Crippen LogP contribution is -1.93. The molecule has 1 aliphatic rings. The highest BCUT2D eigenvalue weighted by molar-refractivity contribution is 5.42. The Morgan fingerprint density at radius 3 is 2.85 bits per heavy atom. The molecule has 0 unspecified atom stereocenters. The summed E-state index contributed by atoms with van der Waals surface area (Å²) in [7, 11) is 0. The number of hydrogen-bond acceptors (Lipinski definition) is 1. The standard InChI is InChI=1S/C12H13N/c1-9-11(7-10-5-6-10)3-2-4-12(9)8-13/h2-4,10H,5-7H2,1H3. The molecule has 0 amide bonds. The highest BCUT2D eigenvalue weighted by Gasteiger charge is 2.22. The third-order valence-electron chi connectivity index (χ3n) is 2.77. The Labute approximate surface area is 79.0 Å². The Hall–Kier alpha value is -1.29. The average Bonchev–Trinajstić information content (AvgIpc) is 2.92. The third kappa shape index (κ3) is 1.72. The van der Waals surface area contributed by atoms with Crippen molar-refractivity contribution in [3.8, 4) is 6.07 Å². The van der Waals surface area contributed by atoms with E-state index in [0.29, 0.717) is 0 Å². The van der Waals surface area contributed by atoms with Crippen LogP contribution in [0, 0.1) is 24.2 Å². The lowest BCUT2D eigenvalue weighted by Gasteiger charge is -2.05. The summed E-state index contributed by atoms with van der Waals surface area (Å²) in [6.45, 7) is 2.05. The maximum Gasteiger partial charge on any atom is 0.0994 e. The normalized spacial score (nSPS) is 15.4. The monoisotopic (exact) mass is 171 g/mol. The fourth-order valence-electron chi connectivity index (χ4n) is 1.66. The van der Waals surface area contributed by atoms with Crippen LogP contribution in [0.1, 0.15) is 29.5 Å². The molecule has 1 aromatic rings. The first kappa shape index (κ1) is 8.31. The van der Waals surface area contributed by atoms with E-state index < -0.39 is 0 Å². The van der Waals surface area contributed by atoms with Crippen molar-refractivity contribution in [1.29, 1.82) is 5.26 Å². The highest BCUT2D eigenvalue weighted by Crippen LogP contribution is 2.33. The number of nitriles is 1. The molecule has 1 aliphatic carbocycles. The summed E-state index contributed by atoms with van der Waals surface area (Å²) in [6.07, 6.45) is 3.91. The summed E-state index contributed by atoms with van der Waals surface area (Å²) in [4.78, 5) is 0. The number of hydrogen-bond donors (Lipinski definition) is 0. The molecule has 1 aromatic carbocycles. The van der Waals surface area contributed by atoms with E-state index in [4.69, 9.17) is 5.26 Å². The minimum atomic E-state index is 0.832. The van der Waals surface area contributed by atoms with Gasteiger partial charge in [-0.25, -0.2) is 0 Å². The van der Waals surface area contributed by atoms with E-state index in [0.717, 1.165) is 11.5 Å². The molecule has 0 aliphatic heterocycles. The van der Waals surface area contributed by atoms with Gasteiger partial charge in [0.05, 0.1) is 11.6 Å². The van der Waals surface area contributed by atoms with Crippen molar-refractivity contribution < 1.29 is 0 Å². The van der Waals surface area contributed by atoms with E-state index in [1.54, 1.807) is 0 Å². The lowest BCUT2D eigenvalue weighted by molar-refractivity contribution is 0.825. The van der Waals surface area contributed by atoms with E-state index in [9.17, 15) is 0 Å². The lowest BCUT2D eigenvalue weighted by atomic mass is 9.99. The molecule has 1 saturated carbocycles. The highest BCUT2D eigenvalue weighted by atomic mass is 14.3. The van der Waals surface area contributed by atoms with E-state index >= 15 is 0 Å². The first-order chi connectivity index (χ1) is 6.31. The minimum absolute atomic E-state index is 0.832. The number of nitrogens with zero attached hydrogens (tertiary/aromatic N) is 1. The van der Waals surface area contributed by atoms with Crippen LogP contribution < -0.4 is 0 Å². The molecule has 0 aromatic heterocycles. The molecule has 0 heterocycles. The fourth-order valence-corrected chi connectivity index (χ4v) is 1.66. The maximum atomic E-state index is 8.84. The summed E-state index contributed by atoms with van der Waals surface area (Å²) in [5.41, 5.74) is 3.37. The van der Waals surface area contributed by atoms with E-state index in [-0.39, 0.29) is 0 Å². The minimum Gasteiger partial charge on any atom is -0.192 e. The van der Waals surface area contributed by atoms with Crippen LogP contribution in [0.3, 0.4) is 0 Å². The van der Waals surface area contributed by atoms with E-state index in [1.807, 2.05) is 12.1 Å². The molecule has 0 N–H and O–H groups in total. The Morgan fingerprint density at radius 2 is 2.23 bits per heavy atom. The van der Waals surface area contributed by atoms with E-state index in [1.165, 1.54) is 30.4 Å². The molecule has 0 atom stereocenters. The van der Waals surface area contributed by atoms with Crippen LogP contribution in [0.5, 0.6) is 0 Å². The predicted molar refractivity (Wildman–Crippen MR) is 52.3 cm³/mol. The molecule has 0 radical (unpaired) electrons. The van der Waals surface area contributed by atoms with Crippen molar-refractivity contribution in [3.05, 3.63) is 34.9 Å². The van der Waals surface area contributed by atoms with Crippen molar-refractivity contribution in [3.63, 3.8) is 0 Å². The van der Waals surface area contributed by atoms with Gasteiger partial charge in [0.15, 0.2) is 0 Å². The first-order valence-electron chi connectivity index (χ1n) is 4.80. The second-order valence-corrected chi connectivity index (χ2v) is 3.85. The predicted octanol–water partition coefficient (Wildman–Crippen LogP) is 2.82. The molecule has 13 heavy (non-hydrogen) atoms. The zero-order valence-electron chi connectivity index (χ0n) is 7.88. The van der Waals surface area contributed by atoms with Crippen molar-refractivity contribution in [2.75, 3.05) is 0 Å². The number of rotatable bonds is 2. The largest absolute Gasteiger partial charge is 0.192 e. The quantitative estimate of drug-likeness (QED) is 0.671. The third-order valence-corrected chi connectivity index (χ3v) is 2.77. The summed E-state index contributed by atoms with van der Waals surface area (Å²) >= 11 is 0. The second-order valence-electron chi connectivity index (χ2n) is 3.85. The van der Waals surface area contributed by atoms with Gasteiger partial charge in [0.1, 0.15) is 0 Å². The van der Waals surface area contributed by atoms with Gasteiger partial charge in [-0.3, -0.25) is 0 Å². The molecule has 0 bridgehead atoms. The summed E-state index contributed by atoms with van der Waals surface area (Å²) in [6, 6.07) is 8.26. The van der Waals surface area contributed by atoms with Crippen LogP contribution in [0.25, 0.3) is 0 Å². The Morgan fingerprint density at radius 1 is 1.46 bits per heavy atom. The summed E-state index contributed by atoms with van der Waals surface area (Å²) in [5, 5.41) is 8.84. The van der Waals surface area contributed by atoms with Crippen molar-refractivity contribution in [2.24, 2.45) is 5.92 Å². The van der Waals surface area contributed by atoms with Crippen LogP contribution in [-0.2, 0) is 6.42 Å². The van der Waals surface area contributed by atoms with Crippen LogP contribution in [0.15, 0.2) is 18.2 Å². The van der Waals surface area contributed by atoms with Crippen LogP contribution in [0.2, 0.25) is 0 Å². The van der Waals surface area contributed by atoms with Crippen molar-refractivity contribution >= 4 is 0 Å². The first-order valence-corrected chi connectivity index (χ1v) is 4.80. The fraction of sp³-hybridized carbons (Fsp3) is 0.417. The average molecular weight is 171 g/mol. The Bertz CT molecular complexity index is 356. The molecule has 1 heteroatoms. The van der Waals surface area contributed by atoms with Crippen LogP contribution in [-0.4, -0.2) is 0 Å². The SMILES string of the molecule is Cc1c(C#N)cccc1CC1CC1. The van der Waals surface area contributed by atoms with Gasteiger partial charge in [-0.2, -0.15) is 5.26 Å². The summed E-state index contributed by atoms with van der Waals surface area (Å²) < 4.78 is 0. The zero-order valence-corrected chi connectivity index (χ0v) is 7.88. The molecule has 1 fully saturated rings. The van der Waals surface area contributed by atoms with Gasteiger partial charge in [0.2, 0.25) is 0 Å². The second kappa shape index (κ2) is 3.22. The zero-order chi connectivity index (χ0) is 9.26. The van der Waals surface area contributed by atoms with Crippen LogP contribution in [0.4, 0.5) is 0 Å². The van der Waals surface area contributed by atoms with Crippen LogP contribution >= 0.6 is 0 Å². The maximum absolute atomic E-state index is 8.84. The van der Waals surface area contributed by atoms with Gasteiger partial charge < -0.3 is 0 Å². The molecule has 2 rings (SSSR count). The molecular formula is C12H13N. The van der Waals surface area contributed by atoms with Gasteiger partial charge in [-0.15, -0.1) is 0 Å². The molecule has 0 spiro atoms. The summed E-state index contributed by atoms with van der Waals surface area (Å²) in [5.74, 6) is 0.896. The van der Waals surface area contributed by atoms with E-state index in [2.05, 4.69) is 19.1 Å². The number of benzene rings is 1.